The maximum absolute atomic E-state index is 13.3. The number of aliphatic imine (C=N–C) groups is 1. The third-order valence-electron chi connectivity index (χ3n) is 4.38. The highest BCUT2D eigenvalue weighted by atomic mass is 79.9. The first-order chi connectivity index (χ1) is 14.6. The van der Waals surface area contributed by atoms with Gasteiger partial charge in [-0.2, -0.15) is 0 Å². The largest absolute Gasteiger partial charge is 0.504 e. The summed E-state index contributed by atoms with van der Waals surface area (Å²) in [6.07, 6.45) is 1.65. The molecule has 7 heteroatoms. The summed E-state index contributed by atoms with van der Waals surface area (Å²) in [5.41, 5.74) is 1.96. The number of phenolic OH excluding ortho intramolecular Hbond substituents is 1. The molecular formula is C23H17BrN2O3S. The Balaban J connectivity index is 1.80. The number of benzene rings is 3. The number of para-hydroxylation sites is 2. The van der Waals surface area contributed by atoms with E-state index >= 15 is 0 Å². The monoisotopic (exact) mass is 480 g/mol. The molecule has 1 N–H and O–H groups in total. The van der Waals surface area contributed by atoms with Gasteiger partial charge in [0.15, 0.2) is 16.7 Å². The van der Waals surface area contributed by atoms with Gasteiger partial charge in [-0.05, 0) is 54.2 Å². The Morgan fingerprint density at radius 2 is 1.73 bits per heavy atom. The molecule has 0 atom stereocenters. The molecule has 30 heavy (non-hydrogen) atoms. The number of halogens is 1. The molecule has 1 aliphatic rings. The molecule has 0 spiro atoms. The van der Waals surface area contributed by atoms with Gasteiger partial charge >= 0.3 is 0 Å². The van der Waals surface area contributed by atoms with Gasteiger partial charge in [0.25, 0.3) is 5.91 Å². The molecule has 1 amide bonds. The van der Waals surface area contributed by atoms with Crippen LogP contribution >= 0.6 is 27.7 Å². The van der Waals surface area contributed by atoms with Crippen molar-refractivity contribution in [1.82, 2.24) is 0 Å². The van der Waals surface area contributed by atoms with Gasteiger partial charge in [-0.1, -0.05) is 52.3 Å². The summed E-state index contributed by atoms with van der Waals surface area (Å²) >= 11 is 4.67. The number of phenols is 1. The summed E-state index contributed by atoms with van der Waals surface area (Å²) in [6.45, 7) is 0. The molecule has 4 rings (SSSR count). The van der Waals surface area contributed by atoms with Gasteiger partial charge in [0.05, 0.1) is 23.4 Å². The zero-order valence-corrected chi connectivity index (χ0v) is 18.4. The predicted octanol–water partition coefficient (Wildman–Crippen LogP) is 5.97. The molecule has 1 heterocycles. The highest BCUT2D eigenvalue weighted by Crippen LogP contribution is 2.40. The summed E-state index contributed by atoms with van der Waals surface area (Å²) in [6, 6.07) is 22.3. The molecule has 1 fully saturated rings. The normalized spacial score (nSPS) is 16.5. The summed E-state index contributed by atoms with van der Waals surface area (Å²) in [7, 11) is 1.48. The van der Waals surface area contributed by atoms with Crippen molar-refractivity contribution in [3.8, 4) is 11.5 Å². The molecule has 0 saturated carbocycles. The Kier molecular flexibility index (Phi) is 5.92. The van der Waals surface area contributed by atoms with Crippen molar-refractivity contribution in [2.45, 2.75) is 0 Å². The molecule has 0 radical (unpaired) electrons. The van der Waals surface area contributed by atoms with Crippen LogP contribution in [-0.2, 0) is 4.79 Å². The van der Waals surface area contributed by atoms with Gasteiger partial charge in [0.1, 0.15) is 0 Å². The number of carbonyl (C=O) groups is 1. The zero-order valence-electron chi connectivity index (χ0n) is 15.9. The van der Waals surface area contributed by atoms with E-state index in [4.69, 9.17) is 4.74 Å². The number of anilines is 1. The summed E-state index contributed by atoms with van der Waals surface area (Å²) in [5.74, 6) is 0.0882. The van der Waals surface area contributed by atoms with E-state index in [0.717, 1.165) is 15.8 Å². The van der Waals surface area contributed by atoms with E-state index < -0.39 is 0 Å². The SMILES string of the molecule is COc1cc(Br)cc(/C=C2/SC(=Nc3ccccc3)N(c3ccccc3)C2=O)c1O. The molecule has 150 valence electrons. The third-order valence-corrected chi connectivity index (χ3v) is 5.80. The van der Waals surface area contributed by atoms with Crippen LogP contribution in [0.5, 0.6) is 11.5 Å². The van der Waals surface area contributed by atoms with Gasteiger partial charge in [-0.3, -0.25) is 9.69 Å². The van der Waals surface area contributed by atoms with E-state index in [1.807, 2.05) is 60.7 Å². The molecule has 0 unspecified atom stereocenters. The zero-order chi connectivity index (χ0) is 21.1. The van der Waals surface area contributed by atoms with Crippen LogP contribution in [0.1, 0.15) is 5.56 Å². The molecule has 3 aromatic rings. The smallest absolute Gasteiger partial charge is 0.271 e. The number of aromatic hydroxyl groups is 1. The van der Waals surface area contributed by atoms with Gasteiger partial charge in [-0.15, -0.1) is 0 Å². The quantitative estimate of drug-likeness (QED) is 0.467. The van der Waals surface area contributed by atoms with Gasteiger partial charge in [0, 0.05) is 10.0 Å². The molecule has 1 saturated heterocycles. The van der Waals surface area contributed by atoms with Crippen molar-refractivity contribution >= 4 is 56.2 Å². The first-order valence-electron chi connectivity index (χ1n) is 9.06. The predicted molar refractivity (Wildman–Crippen MR) is 125 cm³/mol. The Morgan fingerprint density at radius 3 is 2.40 bits per heavy atom. The highest BCUT2D eigenvalue weighted by Gasteiger charge is 2.35. The summed E-state index contributed by atoms with van der Waals surface area (Å²) < 4.78 is 5.95. The number of amides is 1. The van der Waals surface area contributed by atoms with E-state index in [1.165, 1.54) is 18.9 Å². The van der Waals surface area contributed by atoms with Gasteiger partial charge < -0.3 is 9.84 Å². The molecule has 5 nitrogen and oxygen atoms in total. The Labute approximate surface area is 186 Å². The number of methoxy groups -OCH3 is 1. The van der Waals surface area contributed by atoms with E-state index in [1.54, 1.807) is 23.1 Å². The second-order valence-electron chi connectivity index (χ2n) is 6.36. The summed E-state index contributed by atoms with van der Waals surface area (Å²) in [5, 5.41) is 11.0. The lowest BCUT2D eigenvalue weighted by Crippen LogP contribution is -2.28. The lowest BCUT2D eigenvalue weighted by Gasteiger charge is -2.15. The van der Waals surface area contributed by atoms with E-state index in [2.05, 4.69) is 20.9 Å². The first-order valence-corrected chi connectivity index (χ1v) is 10.7. The number of ether oxygens (including phenoxy) is 1. The van der Waals surface area contributed by atoms with Crippen LogP contribution in [0.25, 0.3) is 6.08 Å². The minimum atomic E-state index is -0.209. The number of amidine groups is 1. The summed E-state index contributed by atoms with van der Waals surface area (Å²) in [4.78, 5) is 20.0. The second-order valence-corrected chi connectivity index (χ2v) is 8.29. The van der Waals surface area contributed by atoms with Crippen LogP contribution in [0.4, 0.5) is 11.4 Å². The lowest BCUT2D eigenvalue weighted by atomic mass is 10.1. The molecule has 0 aliphatic carbocycles. The molecule has 0 aromatic heterocycles. The Morgan fingerprint density at radius 1 is 1.07 bits per heavy atom. The molecule has 3 aromatic carbocycles. The molecule has 0 bridgehead atoms. The molecule has 1 aliphatic heterocycles. The van der Waals surface area contributed by atoms with Crippen LogP contribution in [-0.4, -0.2) is 23.3 Å². The minimum absolute atomic E-state index is 0.0266. The van der Waals surface area contributed by atoms with E-state index in [-0.39, 0.29) is 11.7 Å². The van der Waals surface area contributed by atoms with Crippen molar-refractivity contribution in [1.29, 1.82) is 0 Å². The fourth-order valence-electron chi connectivity index (χ4n) is 2.97. The van der Waals surface area contributed by atoms with E-state index in [0.29, 0.717) is 21.4 Å². The average Bonchev–Trinajstić information content (AvgIpc) is 3.06. The third kappa shape index (κ3) is 4.13. The number of hydrogen-bond acceptors (Lipinski definition) is 5. The fraction of sp³-hybridized carbons (Fsp3) is 0.0435. The van der Waals surface area contributed by atoms with Crippen LogP contribution in [0.2, 0.25) is 0 Å². The van der Waals surface area contributed by atoms with E-state index in [9.17, 15) is 9.90 Å². The minimum Gasteiger partial charge on any atom is -0.504 e. The van der Waals surface area contributed by atoms with Crippen LogP contribution in [0.15, 0.2) is 87.2 Å². The molecular weight excluding hydrogens is 464 g/mol. The number of nitrogens with zero attached hydrogens (tertiary/aromatic N) is 2. The number of carbonyl (C=O) groups excluding carboxylic acids is 1. The van der Waals surface area contributed by atoms with Crippen molar-refractivity contribution in [3.05, 3.63) is 87.7 Å². The fourth-order valence-corrected chi connectivity index (χ4v) is 4.41. The Bertz CT molecular complexity index is 1150. The number of rotatable bonds is 4. The van der Waals surface area contributed by atoms with Crippen molar-refractivity contribution < 1.29 is 14.6 Å². The standard InChI is InChI=1S/C23H17BrN2O3S/c1-29-19-14-16(24)12-15(21(19)27)13-20-22(28)26(18-10-6-3-7-11-18)23(30-20)25-17-8-4-2-5-9-17/h2-14,27H,1H3/b20-13+,25-23?. The van der Waals surface area contributed by atoms with Crippen molar-refractivity contribution in [3.63, 3.8) is 0 Å². The van der Waals surface area contributed by atoms with Crippen LogP contribution in [0.3, 0.4) is 0 Å². The van der Waals surface area contributed by atoms with Gasteiger partial charge in [-0.25, -0.2) is 4.99 Å². The number of hydrogen-bond donors (Lipinski definition) is 1. The van der Waals surface area contributed by atoms with Crippen molar-refractivity contribution in [2.24, 2.45) is 4.99 Å². The van der Waals surface area contributed by atoms with Crippen LogP contribution < -0.4 is 9.64 Å². The second kappa shape index (κ2) is 8.77. The average molecular weight is 481 g/mol. The Hall–Kier alpha value is -3.03. The number of thioether (sulfide) groups is 1. The lowest BCUT2D eigenvalue weighted by molar-refractivity contribution is -0.113. The van der Waals surface area contributed by atoms with Gasteiger partial charge in [0.2, 0.25) is 0 Å². The van der Waals surface area contributed by atoms with Crippen LogP contribution in [0, 0.1) is 0 Å². The van der Waals surface area contributed by atoms with Crippen molar-refractivity contribution in [2.75, 3.05) is 12.0 Å². The topological polar surface area (TPSA) is 62.1 Å². The highest BCUT2D eigenvalue weighted by molar-refractivity contribution is 9.10. The maximum atomic E-state index is 13.3. The first kappa shape index (κ1) is 20.3. The maximum Gasteiger partial charge on any atom is 0.271 e.